The van der Waals surface area contributed by atoms with Crippen LogP contribution in [0.4, 0.5) is 19.0 Å². The van der Waals surface area contributed by atoms with Gasteiger partial charge in [0.2, 0.25) is 0 Å². The number of alkyl halides is 3. The highest BCUT2D eigenvalue weighted by molar-refractivity contribution is 5.63. The number of nitrogens with zero attached hydrogens (tertiary/aromatic N) is 4. The van der Waals surface area contributed by atoms with Gasteiger partial charge in [-0.2, -0.15) is 13.2 Å². The van der Waals surface area contributed by atoms with E-state index in [1.807, 2.05) is 13.8 Å². The number of hydrogen-bond donors (Lipinski definition) is 2. The lowest BCUT2D eigenvalue weighted by Gasteiger charge is -2.43. The lowest BCUT2D eigenvalue weighted by molar-refractivity contribution is -0.137. The molecule has 2 heterocycles. The van der Waals surface area contributed by atoms with Gasteiger partial charge in [-0.15, -0.1) is 0 Å². The van der Waals surface area contributed by atoms with Gasteiger partial charge < -0.3 is 14.8 Å². The van der Waals surface area contributed by atoms with Crippen molar-refractivity contribution in [2.24, 2.45) is 0 Å². The number of aromatic nitrogens is 2. The van der Waals surface area contributed by atoms with E-state index in [9.17, 15) is 23.1 Å². The molecule has 1 saturated heterocycles. The van der Waals surface area contributed by atoms with Crippen molar-refractivity contribution in [2.45, 2.75) is 63.5 Å². The summed E-state index contributed by atoms with van der Waals surface area (Å²) in [6.45, 7) is 8.65. The van der Waals surface area contributed by atoms with E-state index in [4.69, 9.17) is 0 Å². The van der Waals surface area contributed by atoms with Crippen LogP contribution in [0.5, 0.6) is 0 Å². The van der Waals surface area contributed by atoms with Gasteiger partial charge in [0, 0.05) is 37.8 Å². The van der Waals surface area contributed by atoms with Crippen LogP contribution in [0.1, 0.15) is 67.5 Å². The molecule has 0 saturated carbocycles. The molecule has 0 radical (unpaired) electrons. The molecule has 1 aromatic heterocycles. The summed E-state index contributed by atoms with van der Waals surface area (Å²) >= 11 is 0. The van der Waals surface area contributed by atoms with Crippen LogP contribution < -0.4 is 10.2 Å². The number of rotatable bonds is 7. The smallest absolute Gasteiger partial charge is 0.387 e. The summed E-state index contributed by atoms with van der Waals surface area (Å²) in [6.07, 6.45) is -2.40. The predicted octanol–water partition coefficient (Wildman–Crippen LogP) is 3.46. The average Bonchev–Trinajstić information content (AvgIpc) is 3.12. The molecule has 0 spiro atoms. The Morgan fingerprint density at radius 3 is 2.34 bits per heavy atom. The molecule has 4 rings (SSSR count). The maximum atomic E-state index is 13.0. The number of carbonyl (C=O) groups is 1. The Bertz CT molecular complexity index is 1020. The third-order valence-corrected chi connectivity index (χ3v) is 6.90. The Morgan fingerprint density at radius 2 is 1.77 bits per heavy atom. The van der Waals surface area contributed by atoms with Gasteiger partial charge in [-0.25, -0.2) is 9.97 Å². The molecular weight excluding hydrogens is 459 g/mol. The van der Waals surface area contributed by atoms with Crippen LogP contribution >= 0.6 is 0 Å². The molecule has 2 unspecified atom stereocenters. The van der Waals surface area contributed by atoms with Gasteiger partial charge in [-0.3, -0.25) is 10.2 Å². The number of nitrogens with one attached hydrogen (secondary N) is 1. The lowest BCUT2D eigenvalue weighted by atomic mass is 9.94. The fourth-order valence-electron chi connectivity index (χ4n) is 5.17. The number of aliphatic hydroxyl groups is 1. The molecule has 7 nitrogen and oxygen atoms in total. The van der Waals surface area contributed by atoms with Gasteiger partial charge in [0.25, 0.3) is 0 Å². The van der Waals surface area contributed by atoms with Crippen LogP contribution in [-0.2, 0) is 11.0 Å². The van der Waals surface area contributed by atoms with Crippen molar-refractivity contribution < 1.29 is 23.1 Å². The minimum absolute atomic E-state index is 0.0717. The van der Waals surface area contributed by atoms with Crippen molar-refractivity contribution in [2.75, 3.05) is 31.1 Å². The Morgan fingerprint density at radius 1 is 1.11 bits per heavy atom. The van der Waals surface area contributed by atoms with Gasteiger partial charge in [0.05, 0.1) is 29.4 Å². The second kappa shape index (κ2) is 10.2. The minimum atomic E-state index is -4.42. The molecule has 0 amide bonds. The SMILES string of the molecule is CC(C)NC(C(C=O)c1ccc(C(F)(F)F)cc1)N1CCN(c2ncnc3c2[C@H](C)C[C@H]3O)CC1. The Balaban J connectivity index is 1.52. The highest BCUT2D eigenvalue weighted by Gasteiger charge is 2.36. The molecule has 10 heteroatoms. The van der Waals surface area contributed by atoms with E-state index in [0.717, 1.165) is 29.8 Å². The van der Waals surface area contributed by atoms with E-state index >= 15 is 0 Å². The fourth-order valence-corrected chi connectivity index (χ4v) is 5.17. The van der Waals surface area contributed by atoms with E-state index < -0.39 is 23.8 Å². The van der Waals surface area contributed by atoms with Crippen molar-refractivity contribution in [3.63, 3.8) is 0 Å². The predicted molar refractivity (Wildman–Crippen MR) is 126 cm³/mol. The Labute approximate surface area is 203 Å². The largest absolute Gasteiger partial charge is 0.416 e. The second-order valence-electron chi connectivity index (χ2n) is 9.72. The Hall–Kier alpha value is -2.56. The molecule has 1 aromatic carbocycles. The van der Waals surface area contributed by atoms with Crippen molar-refractivity contribution in [3.8, 4) is 0 Å². The summed E-state index contributed by atoms with van der Waals surface area (Å²) in [5, 5.41) is 13.8. The average molecular weight is 492 g/mol. The summed E-state index contributed by atoms with van der Waals surface area (Å²) in [7, 11) is 0. The van der Waals surface area contributed by atoms with E-state index in [-0.39, 0.29) is 18.1 Å². The number of fused-ring (bicyclic) bond motifs is 1. The molecule has 4 atom stereocenters. The highest BCUT2D eigenvalue weighted by Crippen LogP contribution is 2.43. The first-order chi connectivity index (χ1) is 16.6. The monoisotopic (exact) mass is 491 g/mol. The fraction of sp³-hybridized carbons (Fsp3) is 0.560. The third kappa shape index (κ3) is 5.34. The molecule has 1 aliphatic carbocycles. The number of benzene rings is 1. The molecule has 0 bridgehead atoms. The van der Waals surface area contributed by atoms with Gasteiger partial charge in [0.1, 0.15) is 18.4 Å². The lowest BCUT2D eigenvalue weighted by Crippen LogP contribution is -2.58. The minimum Gasteiger partial charge on any atom is -0.387 e. The van der Waals surface area contributed by atoms with Gasteiger partial charge in [0.15, 0.2) is 0 Å². The van der Waals surface area contributed by atoms with Gasteiger partial charge in [-0.05, 0) is 43.9 Å². The third-order valence-electron chi connectivity index (χ3n) is 6.90. The van der Waals surface area contributed by atoms with Gasteiger partial charge in [-0.1, -0.05) is 19.1 Å². The number of hydrogen-bond acceptors (Lipinski definition) is 7. The van der Waals surface area contributed by atoms with Crippen LogP contribution in [0, 0.1) is 0 Å². The van der Waals surface area contributed by atoms with E-state index in [0.29, 0.717) is 43.9 Å². The van der Waals surface area contributed by atoms with Crippen LogP contribution in [-0.4, -0.2) is 64.6 Å². The number of aliphatic hydroxyl groups excluding tert-OH is 1. The number of piperazine rings is 1. The first-order valence-electron chi connectivity index (χ1n) is 12.0. The quantitative estimate of drug-likeness (QED) is 0.574. The number of halogens is 3. The highest BCUT2D eigenvalue weighted by atomic mass is 19.4. The normalized spacial score (nSPS) is 22.8. The molecule has 35 heavy (non-hydrogen) atoms. The summed E-state index contributed by atoms with van der Waals surface area (Å²) in [5.41, 5.74) is 1.52. The van der Waals surface area contributed by atoms with Crippen LogP contribution in [0.3, 0.4) is 0 Å². The standard InChI is InChI=1S/C25H32F3N5O2/c1-15(2)31-23(19(13-34)17-4-6-18(7-5-17)25(26,27)28)32-8-10-33(11-9-32)24-21-16(3)12-20(35)22(21)29-14-30-24/h4-7,13-16,19-20,23,31,35H,8-12H2,1-3H3/t16-,19?,20-,23?/m1/s1. The van der Waals surface area contributed by atoms with Gasteiger partial charge >= 0.3 is 6.18 Å². The van der Waals surface area contributed by atoms with Crippen LogP contribution in [0.15, 0.2) is 30.6 Å². The number of anilines is 1. The van der Waals surface area contributed by atoms with E-state index in [2.05, 4.69) is 32.0 Å². The molecule has 2 aromatic rings. The molecule has 1 fully saturated rings. The molecule has 1 aliphatic heterocycles. The second-order valence-corrected chi connectivity index (χ2v) is 9.72. The van der Waals surface area contributed by atoms with E-state index in [1.54, 1.807) is 0 Å². The number of carbonyl (C=O) groups excluding carboxylic acids is 1. The summed E-state index contributed by atoms with van der Waals surface area (Å²) in [4.78, 5) is 25.4. The maximum absolute atomic E-state index is 13.0. The number of aldehydes is 1. The molecule has 2 aliphatic rings. The maximum Gasteiger partial charge on any atom is 0.416 e. The van der Waals surface area contributed by atoms with Crippen molar-refractivity contribution in [1.29, 1.82) is 0 Å². The van der Waals surface area contributed by atoms with Crippen molar-refractivity contribution >= 4 is 12.1 Å². The van der Waals surface area contributed by atoms with Crippen molar-refractivity contribution in [1.82, 2.24) is 20.2 Å². The molecular formula is C25H32F3N5O2. The van der Waals surface area contributed by atoms with Crippen LogP contribution in [0.25, 0.3) is 0 Å². The first-order valence-corrected chi connectivity index (χ1v) is 12.0. The zero-order chi connectivity index (χ0) is 25.3. The first kappa shape index (κ1) is 25.5. The molecule has 2 N–H and O–H groups in total. The van der Waals surface area contributed by atoms with Crippen molar-refractivity contribution in [3.05, 3.63) is 53.0 Å². The zero-order valence-electron chi connectivity index (χ0n) is 20.2. The van der Waals surface area contributed by atoms with E-state index in [1.165, 1.54) is 18.5 Å². The zero-order valence-corrected chi connectivity index (χ0v) is 20.2. The topological polar surface area (TPSA) is 81.6 Å². The summed E-state index contributed by atoms with van der Waals surface area (Å²) in [6, 6.07) is 4.92. The Kier molecular flexibility index (Phi) is 7.44. The summed E-state index contributed by atoms with van der Waals surface area (Å²) in [5.74, 6) is 0.398. The van der Waals surface area contributed by atoms with Crippen LogP contribution in [0.2, 0.25) is 0 Å². The molecule has 190 valence electrons. The summed E-state index contributed by atoms with van der Waals surface area (Å²) < 4.78 is 39.0.